The Hall–Kier alpha value is -2.60. The second-order valence-electron chi connectivity index (χ2n) is 5.04. The number of carbonyl (C=O) groups excluding carboxylic acids is 1. The van der Waals surface area contributed by atoms with Gasteiger partial charge in [0, 0.05) is 24.5 Å². The van der Waals surface area contributed by atoms with Crippen LogP contribution in [0.15, 0.2) is 42.5 Å². The van der Waals surface area contributed by atoms with Gasteiger partial charge in [0.25, 0.3) is 5.91 Å². The van der Waals surface area contributed by atoms with Gasteiger partial charge in [0.05, 0.1) is 13.2 Å². The summed E-state index contributed by atoms with van der Waals surface area (Å²) in [6, 6.07) is 13.2. The number of carbonyl (C=O) groups is 1. The number of pyridine rings is 1. The molecule has 3 rings (SSSR count). The number of hydrogen-bond acceptors (Lipinski definition) is 5. The molecule has 1 fully saturated rings. The summed E-state index contributed by atoms with van der Waals surface area (Å²) in [6.07, 6.45) is 0. The summed E-state index contributed by atoms with van der Waals surface area (Å²) in [5.74, 6) is 0.0572. The largest absolute Gasteiger partial charge is 0.378 e. The highest BCUT2D eigenvalue weighted by atomic mass is 16.5. The van der Waals surface area contributed by atoms with Gasteiger partial charge in [-0.2, -0.15) is 0 Å². The molecular weight excluding hydrogens is 280 g/mol. The van der Waals surface area contributed by atoms with Crippen molar-refractivity contribution >= 4 is 23.1 Å². The summed E-state index contributed by atoms with van der Waals surface area (Å²) in [6.45, 7) is 3.36. The number of primary amides is 1. The van der Waals surface area contributed by atoms with Crippen molar-refractivity contribution in [1.82, 2.24) is 4.98 Å². The van der Waals surface area contributed by atoms with E-state index in [0.717, 1.165) is 32.0 Å². The molecule has 0 bridgehead atoms. The van der Waals surface area contributed by atoms with E-state index in [1.54, 1.807) is 18.2 Å². The molecule has 0 saturated carbocycles. The fourth-order valence-corrected chi connectivity index (χ4v) is 2.37. The van der Waals surface area contributed by atoms with Crippen molar-refractivity contribution in [2.45, 2.75) is 0 Å². The quantitative estimate of drug-likeness (QED) is 0.899. The number of anilines is 3. The molecule has 0 spiro atoms. The van der Waals surface area contributed by atoms with Crippen LogP contribution >= 0.6 is 0 Å². The number of nitrogens with one attached hydrogen (secondary N) is 1. The van der Waals surface area contributed by atoms with Crippen LogP contribution in [0.3, 0.4) is 0 Å². The summed E-state index contributed by atoms with van der Waals surface area (Å²) in [7, 11) is 0. The molecule has 114 valence electrons. The Morgan fingerprint density at radius 1 is 1.14 bits per heavy atom. The van der Waals surface area contributed by atoms with Gasteiger partial charge in [0.2, 0.25) is 0 Å². The SMILES string of the molecule is NC(=O)c1cccc(Nc2ccc(N3CCOCC3)cc2)n1. The first-order valence-electron chi connectivity index (χ1n) is 7.19. The highest BCUT2D eigenvalue weighted by Gasteiger charge is 2.10. The average molecular weight is 298 g/mol. The van der Waals surface area contributed by atoms with Crippen LogP contribution in [-0.4, -0.2) is 37.2 Å². The average Bonchev–Trinajstić information content (AvgIpc) is 2.56. The second-order valence-corrected chi connectivity index (χ2v) is 5.04. The van der Waals surface area contributed by atoms with E-state index < -0.39 is 5.91 Å². The van der Waals surface area contributed by atoms with Crippen molar-refractivity contribution in [2.75, 3.05) is 36.5 Å². The Labute approximate surface area is 128 Å². The van der Waals surface area contributed by atoms with E-state index in [1.807, 2.05) is 12.1 Å². The zero-order valence-corrected chi connectivity index (χ0v) is 12.2. The molecule has 0 aliphatic carbocycles. The highest BCUT2D eigenvalue weighted by Crippen LogP contribution is 2.21. The van der Waals surface area contributed by atoms with Crippen LogP contribution in [0.1, 0.15) is 10.5 Å². The van der Waals surface area contributed by atoms with Crippen LogP contribution in [0.2, 0.25) is 0 Å². The third-order valence-electron chi connectivity index (χ3n) is 3.52. The predicted octanol–water partition coefficient (Wildman–Crippen LogP) is 1.76. The topological polar surface area (TPSA) is 80.5 Å². The van der Waals surface area contributed by atoms with Crippen molar-refractivity contribution in [3.8, 4) is 0 Å². The third kappa shape index (κ3) is 3.35. The molecule has 22 heavy (non-hydrogen) atoms. The van der Waals surface area contributed by atoms with Crippen LogP contribution in [0, 0.1) is 0 Å². The van der Waals surface area contributed by atoms with E-state index in [0.29, 0.717) is 5.82 Å². The van der Waals surface area contributed by atoms with Crippen LogP contribution in [-0.2, 0) is 4.74 Å². The summed E-state index contributed by atoms with van der Waals surface area (Å²) >= 11 is 0. The van der Waals surface area contributed by atoms with Gasteiger partial charge in [-0.05, 0) is 36.4 Å². The molecule has 6 heteroatoms. The first kappa shape index (κ1) is 14.3. The number of nitrogens with zero attached hydrogens (tertiary/aromatic N) is 2. The third-order valence-corrected chi connectivity index (χ3v) is 3.52. The first-order chi connectivity index (χ1) is 10.7. The number of rotatable bonds is 4. The van der Waals surface area contributed by atoms with Gasteiger partial charge in [0.1, 0.15) is 11.5 Å². The Morgan fingerprint density at radius 3 is 2.55 bits per heavy atom. The van der Waals surface area contributed by atoms with E-state index in [1.165, 1.54) is 5.69 Å². The molecule has 0 unspecified atom stereocenters. The van der Waals surface area contributed by atoms with Gasteiger partial charge in [-0.3, -0.25) is 4.79 Å². The Kier molecular flexibility index (Phi) is 4.20. The monoisotopic (exact) mass is 298 g/mol. The zero-order valence-electron chi connectivity index (χ0n) is 12.2. The van der Waals surface area contributed by atoms with Crippen LogP contribution in [0.4, 0.5) is 17.2 Å². The molecule has 1 aliphatic rings. The van der Waals surface area contributed by atoms with E-state index in [4.69, 9.17) is 10.5 Å². The lowest BCUT2D eigenvalue weighted by molar-refractivity contribution is 0.0995. The fraction of sp³-hybridized carbons (Fsp3) is 0.250. The molecule has 1 amide bonds. The van der Waals surface area contributed by atoms with Gasteiger partial charge in [-0.15, -0.1) is 0 Å². The van der Waals surface area contributed by atoms with Gasteiger partial charge < -0.3 is 20.7 Å². The first-order valence-corrected chi connectivity index (χ1v) is 7.19. The van der Waals surface area contributed by atoms with Gasteiger partial charge in [-0.25, -0.2) is 4.98 Å². The van der Waals surface area contributed by atoms with E-state index in [-0.39, 0.29) is 5.69 Å². The minimum absolute atomic E-state index is 0.245. The fourth-order valence-electron chi connectivity index (χ4n) is 2.37. The number of benzene rings is 1. The molecule has 1 aromatic carbocycles. The molecule has 1 aliphatic heterocycles. The Morgan fingerprint density at radius 2 is 1.86 bits per heavy atom. The molecule has 2 heterocycles. The minimum Gasteiger partial charge on any atom is -0.378 e. The normalized spacial score (nSPS) is 14.6. The molecule has 3 N–H and O–H groups in total. The van der Waals surface area contributed by atoms with Crippen molar-refractivity contribution in [3.05, 3.63) is 48.2 Å². The molecule has 1 saturated heterocycles. The number of ether oxygens (including phenoxy) is 1. The lowest BCUT2D eigenvalue weighted by Crippen LogP contribution is -2.36. The van der Waals surface area contributed by atoms with Gasteiger partial charge in [-0.1, -0.05) is 6.07 Å². The lowest BCUT2D eigenvalue weighted by atomic mass is 10.2. The molecule has 6 nitrogen and oxygen atoms in total. The van der Waals surface area contributed by atoms with Crippen molar-refractivity contribution in [3.63, 3.8) is 0 Å². The smallest absolute Gasteiger partial charge is 0.267 e. The number of morpholine rings is 1. The Balaban J connectivity index is 1.70. The molecule has 1 aromatic heterocycles. The maximum absolute atomic E-state index is 11.1. The minimum atomic E-state index is -0.536. The van der Waals surface area contributed by atoms with E-state index in [2.05, 4.69) is 27.3 Å². The number of nitrogens with two attached hydrogens (primary N) is 1. The summed E-state index contributed by atoms with van der Waals surface area (Å²) in [4.78, 5) is 17.6. The number of hydrogen-bond donors (Lipinski definition) is 2. The highest BCUT2D eigenvalue weighted by molar-refractivity contribution is 5.91. The van der Waals surface area contributed by atoms with Gasteiger partial charge in [0.15, 0.2) is 0 Å². The van der Waals surface area contributed by atoms with Crippen molar-refractivity contribution in [2.24, 2.45) is 5.73 Å². The summed E-state index contributed by atoms with van der Waals surface area (Å²) in [5, 5.41) is 3.17. The van der Waals surface area contributed by atoms with Crippen LogP contribution < -0.4 is 16.0 Å². The number of aromatic nitrogens is 1. The second kappa shape index (κ2) is 6.44. The Bertz CT molecular complexity index is 651. The maximum atomic E-state index is 11.1. The van der Waals surface area contributed by atoms with Crippen LogP contribution in [0.25, 0.3) is 0 Å². The molecule has 0 atom stereocenters. The van der Waals surface area contributed by atoms with E-state index in [9.17, 15) is 4.79 Å². The van der Waals surface area contributed by atoms with Gasteiger partial charge >= 0.3 is 0 Å². The lowest BCUT2D eigenvalue weighted by Gasteiger charge is -2.28. The van der Waals surface area contributed by atoms with Crippen LogP contribution in [0.5, 0.6) is 0 Å². The zero-order chi connectivity index (χ0) is 15.4. The molecule has 2 aromatic rings. The van der Waals surface area contributed by atoms with Crippen molar-refractivity contribution in [1.29, 1.82) is 0 Å². The summed E-state index contributed by atoms with van der Waals surface area (Å²) < 4.78 is 5.35. The summed E-state index contributed by atoms with van der Waals surface area (Å²) in [5.41, 5.74) is 7.56. The molecule has 0 radical (unpaired) electrons. The number of amides is 1. The van der Waals surface area contributed by atoms with E-state index >= 15 is 0 Å². The molecular formula is C16H18N4O2. The van der Waals surface area contributed by atoms with Crippen molar-refractivity contribution < 1.29 is 9.53 Å². The maximum Gasteiger partial charge on any atom is 0.267 e. The standard InChI is InChI=1S/C16H18N4O2/c17-16(21)14-2-1-3-15(19-14)18-12-4-6-13(7-5-12)20-8-10-22-11-9-20/h1-7H,8-11H2,(H2,17,21)(H,18,19). The predicted molar refractivity (Wildman–Crippen MR) is 85.5 cm³/mol.